The van der Waals surface area contributed by atoms with Crippen LogP contribution in [0.1, 0.15) is 55.2 Å². The molecule has 0 saturated carbocycles. The predicted octanol–water partition coefficient (Wildman–Crippen LogP) is 4.18. The van der Waals surface area contributed by atoms with Crippen molar-refractivity contribution < 1.29 is 18.0 Å². The largest absolute Gasteiger partial charge is 0.343 e. The maximum Gasteiger partial charge on any atom is 0.261 e. The summed E-state index contributed by atoms with van der Waals surface area (Å²) in [6.45, 7) is 5.90. The molecule has 34 heavy (non-hydrogen) atoms. The van der Waals surface area contributed by atoms with Crippen LogP contribution in [0.5, 0.6) is 0 Å². The van der Waals surface area contributed by atoms with Crippen LogP contribution < -0.4 is 9.62 Å². The van der Waals surface area contributed by atoms with Crippen molar-refractivity contribution in [2.45, 2.75) is 63.7 Å². The van der Waals surface area contributed by atoms with Gasteiger partial charge < -0.3 is 9.80 Å². The minimum absolute atomic E-state index is 0.0496. The van der Waals surface area contributed by atoms with E-state index in [1.165, 1.54) is 0 Å². The molecule has 182 valence electrons. The van der Waals surface area contributed by atoms with E-state index in [1.807, 2.05) is 30.9 Å². The molecule has 0 unspecified atom stereocenters. The Morgan fingerprint density at radius 3 is 2.29 bits per heavy atom. The van der Waals surface area contributed by atoms with E-state index in [-0.39, 0.29) is 29.6 Å². The van der Waals surface area contributed by atoms with Crippen LogP contribution >= 0.6 is 0 Å². The monoisotopic (exact) mass is 483 g/mol. The van der Waals surface area contributed by atoms with Crippen LogP contribution in [0.15, 0.2) is 41.3 Å². The van der Waals surface area contributed by atoms with Crippen LogP contribution in [0.4, 0.5) is 11.4 Å². The molecule has 2 aromatic carbocycles. The van der Waals surface area contributed by atoms with Gasteiger partial charge in [0.1, 0.15) is 0 Å². The number of aryl methyl sites for hydroxylation is 2. The lowest BCUT2D eigenvalue weighted by atomic mass is 10.1. The highest BCUT2D eigenvalue weighted by atomic mass is 32.2. The van der Waals surface area contributed by atoms with Crippen molar-refractivity contribution in [3.8, 4) is 0 Å². The van der Waals surface area contributed by atoms with Crippen LogP contribution in [-0.2, 0) is 26.0 Å². The lowest BCUT2D eigenvalue weighted by molar-refractivity contribution is -0.133. The third-order valence-corrected chi connectivity index (χ3v) is 8.06. The number of hydrogen-bond acceptors (Lipinski definition) is 4. The number of sulfonamides is 1. The molecule has 0 bridgehead atoms. The zero-order chi connectivity index (χ0) is 24.3. The van der Waals surface area contributed by atoms with E-state index in [1.54, 1.807) is 29.2 Å². The van der Waals surface area contributed by atoms with Crippen LogP contribution in [0, 0.1) is 13.8 Å². The van der Waals surface area contributed by atoms with Crippen LogP contribution in [-0.4, -0.2) is 44.8 Å². The van der Waals surface area contributed by atoms with Gasteiger partial charge >= 0.3 is 0 Å². The molecule has 1 saturated heterocycles. The molecule has 2 aliphatic rings. The van der Waals surface area contributed by atoms with E-state index >= 15 is 0 Å². The first-order valence-electron chi connectivity index (χ1n) is 12.1. The molecule has 1 fully saturated rings. The Balaban J connectivity index is 1.41. The maximum absolute atomic E-state index is 13.0. The third-order valence-electron chi connectivity index (χ3n) is 6.70. The fourth-order valence-electron chi connectivity index (χ4n) is 4.76. The van der Waals surface area contributed by atoms with Gasteiger partial charge in [0.05, 0.1) is 10.6 Å². The third kappa shape index (κ3) is 5.43. The van der Waals surface area contributed by atoms with Gasteiger partial charge in [0.2, 0.25) is 11.8 Å². The zero-order valence-electron chi connectivity index (χ0n) is 20.0. The predicted molar refractivity (Wildman–Crippen MR) is 134 cm³/mol. The SMILES string of the molecule is Cc1ccc(NS(=O)(=O)c2ccc3c(c2)CCN3C(=O)CCC(=O)N2CCCCCC2)c(C)c1. The maximum atomic E-state index is 13.0. The summed E-state index contributed by atoms with van der Waals surface area (Å²) in [5.74, 6) is -0.0421. The van der Waals surface area contributed by atoms with E-state index in [0.717, 1.165) is 61.2 Å². The van der Waals surface area contributed by atoms with Crippen molar-refractivity contribution in [3.63, 3.8) is 0 Å². The van der Waals surface area contributed by atoms with Crippen LogP contribution in [0.2, 0.25) is 0 Å². The lowest BCUT2D eigenvalue weighted by Gasteiger charge is -2.21. The molecule has 7 nitrogen and oxygen atoms in total. The number of carbonyl (C=O) groups excluding carboxylic acids is 2. The van der Waals surface area contributed by atoms with Crippen molar-refractivity contribution in [2.75, 3.05) is 29.3 Å². The van der Waals surface area contributed by atoms with Gasteiger partial charge in [-0.3, -0.25) is 14.3 Å². The van der Waals surface area contributed by atoms with Crippen molar-refractivity contribution in [2.24, 2.45) is 0 Å². The average Bonchev–Trinajstić information content (AvgIpc) is 3.03. The first kappa shape index (κ1) is 24.3. The van der Waals surface area contributed by atoms with Gasteiger partial charge in [0.25, 0.3) is 10.0 Å². The number of anilines is 2. The van der Waals surface area contributed by atoms with E-state index in [0.29, 0.717) is 18.7 Å². The van der Waals surface area contributed by atoms with Gasteiger partial charge in [-0.2, -0.15) is 0 Å². The van der Waals surface area contributed by atoms with Crippen molar-refractivity contribution >= 4 is 33.2 Å². The van der Waals surface area contributed by atoms with E-state index < -0.39 is 10.0 Å². The van der Waals surface area contributed by atoms with E-state index in [9.17, 15) is 18.0 Å². The molecule has 0 aliphatic carbocycles. The van der Waals surface area contributed by atoms with Gasteiger partial charge in [-0.25, -0.2) is 8.42 Å². The summed E-state index contributed by atoms with van der Waals surface area (Å²) in [6.07, 6.45) is 5.36. The second kappa shape index (κ2) is 10.2. The Morgan fingerprint density at radius 1 is 0.882 bits per heavy atom. The van der Waals surface area contributed by atoms with E-state index in [4.69, 9.17) is 0 Å². The van der Waals surface area contributed by atoms with Gasteiger partial charge in [-0.05, 0) is 68.5 Å². The quantitative estimate of drug-likeness (QED) is 0.668. The molecule has 0 radical (unpaired) electrons. The fourth-order valence-corrected chi connectivity index (χ4v) is 5.94. The minimum atomic E-state index is -3.75. The summed E-state index contributed by atoms with van der Waals surface area (Å²) in [5.41, 5.74) is 4.04. The first-order valence-corrected chi connectivity index (χ1v) is 13.5. The molecule has 0 atom stereocenters. The number of fused-ring (bicyclic) bond motifs is 1. The van der Waals surface area contributed by atoms with Gasteiger partial charge in [-0.1, -0.05) is 30.5 Å². The standard InChI is InChI=1S/C26H33N3O4S/c1-19-7-9-23(20(2)17-19)27-34(32,33)22-8-10-24-21(18-22)13-16-29(24)26(31)12-11-25(30)28-14-5-3-4-6-15-28/h7-10,17-18,27H,3-6,11-16H2,1-2H3. The lowest BCUT2D eigenvalue weighted by Crippen LogP contribution is -2.34. The topological polar surface area (TPSA) is 86.8 Å². The number of amides is 2. The van der Waals surface area contributed by atoms with Gasteiger partial charge in [0.15, 0.2) is 0 Å². The molecule has 1 N–H and O–H groups in total. The molecule has 0 aromatic heterocycles. The number of likely N-dealkylation sites (tertiary alicyclic amines) is 1. The molecule has 8 heteroatoms. The second-order valence-corrected chi connectivity index (χ2v) is 11.0. The molecule has 4 rings (SSSR count). The average molecular weight is 484 g/mol. The smallest absolute Gasteiger partial charge is 0.261 e. The molecule has 0 spiro atoms. The molecular weight excluding hydrogens is 450 g/mol. The van der Waals surface area contributed by atoms with Crippen molar-refractivity contribution in [1.29, 1.82) is 0 Å². The number of carbonyl (C=O) groups is 2. The number of rotatable bonds is 6. The summed E-state index contributed by atoms with van der Waals surface area (Å²) in [5, 5.41) is 0. The van der Waals surface area contributed by atoms with Crippen LogP contribution in [0.3, 0.4) is 0 Å². The zero-order valence-corrected chi connectivity index (χ0v) is 20.8. The minimum Gasteiger partial charge on any atom is -0.343 e. The highest BCUT2D eigenvalue weighted by molar-refractivity contribution is 7.92. The number of benzene rings is 2. The first-order chi connectivity index (χ1) is 16.2. The summed E-state index contributed by atoms with van der Waals surface area (Å²) in [7, 11) is -3.75. The number of nitrogens with zero attached hydrogens (tertiary/aromatic N) is 2. The second-order valence-electron chi connectivity index (χ2n) is 9.30. The summed E-state index contributed by atoms with van der Waals surface area (Å²) in [6, 6.07) is 10.5. The Labute approximate surface area is 202 Å². The number of hydrogen-bond donors (Lipinski definition) is 1. The Bertz CT molecular complexity index is 1180. The normalized spacial score (nSPS) is 16.2. The summed E-state index contributed by atoms with van der Waals surface area (Å²) >= 11 is 0. The fraction of sp³-hybridized carbons (Fsp3) is 0.462. The van der Waals surface area contributed by atoms with Crippen molar-refractivity contribution in [1.82, 2.24) is 4.90 Å². The number of nitrogens with one attached hydrogen (secondary N) is 1. The highest BCUT2D eigenvalue weighted by Crippen LogP contribution is 2.32. The summed E-state index contributed by atoms with van der Waals surface area (Å²) in [4.78, 5) is 29.2. The molecule has 2 heterocycles. The van der Waals surface area contributed by atoms with Gasteiger partial charge in [0, 0.05) is 38.2 Å². The molecule has 2 amide bonds. The van der Waals surface area contributed by atoms with E-state index in [2.05, 4.69) is 4.72 Å². The Kier molecular flexibility index (Phi) is 7.26. The Morgan fingerprint density at radius 2 is 1.59 bits per heavy atom. The molecule has 2 aliphatic heterocycles. The summed E-state index contributed by atoms with van der Waals surface area (Å²) < 4.78 is 28.6. The highest BCUT2D eigenvalue weighted by Gasteiger charge is 2.27. The van der Waals surface area contributed by atoms with Crippen LogP contribution in [0.25, 0.3) is 0 Å². The Hall–Kier alpha value is -2.87. The van der Waals surface area contributed by atoms with Crippen molar-refractivity contribution in [3.05, 3.63) is 53.1 Å². The van der Waals surface area contributed by atoms with Gasteiger partial charge in [-0.15, -0.1) is 0 Å². The molecular formula is C26H33N3O4S. The molecule has 2 aromatic rings.